The number of nitrogens with zero attached hydrogens (tertiary/aromatic N) is 2. The van der Waals surface area contributed by atoms with Crippen LogP contribution in [0.25, 0.3) is 0 Å². The lowest BCUT2D eigenvalue weighted by atomic mass is 10.1. The molecule has 0 spiro atoms. The SMILES string of the molecule is CN1CCN2C(=O)c3cc(O)ccc3NC(=O)C2C1. The van der Waals surface area contributed by atoms with E-state index < -0.39 is 6.04 Å². The minimum Gasteiger partial charge on any atom is -0.508 e. The highest BCUT2D eigenvalue weighted by atomic mass is 16.3. The number of aromatic hydroxyl groups is 1. The van der Waals surface area contributed by atoms with E-state index in [0.29, 0.717) is 24.3 Å². The van der Waals surface area contributed by atoms with E-state index in [1.165, 1.54) is 12.1 Å². The van der Waals surface area contributed by atoms with Crippen molar-refractivity contribution in [3.05, 3.63) is 23.8 Å². The molecular weight excluding hydrogens is 246 g/mol. The fourth-order valence-electron chi connectivity index (χ4n) is 2.58. The second-order valence-electron chi connectivity index (χ2n) is 5.00. The number of fused-ring (bicyclic) bond motifs is 2. The van der Waals surface area contributed by atoms with Gasteiger partial charge in [-0.1, -0.05) is 0 Å². The van der Waals surface area contributed by atoms with Gasteiger partial charge in [0, 0.05) is 19.6 Å². The maximum atomic E-state index is 12.5. The van der Waals surface area contributed by atoms with Crippen molar-refractivity contribution in [3.63, 3.8) is 0 Å². The van der Waals surface area contributed by atoms with Crippen molar-refractivity contribution < 1.29 is 14.7 Å². The van der Waals surface area contributed by atoms with Crippen LogP contribution in [0.3, 0.4) is 0 Å². The van der Waals surface area contributed by atoms with Gasteiger partial charge in [-0.15, -0.1) is 0 Å². The summed E-state index contributed by atoms with van der Waals surface area (Å²) in [6.07, 6.45) is 0. The number of phenols is 1. The Morgan fingerprint density at radius 2 is 2.11 bits per heavy atom. The Balaban J connectivity index is 2.05. The summed E-state index contributed by atoms with van der Waals surface area (Å²) in [5, 5.41) is 12.3. The Bertz CT molecular complexity index is 558. The molecule has 0 radical (unpaired) electrons. The molecule has 19 heavy (non-hydrogen) atoms. The van der Waals surface area contributed by atoms with E-state index in [4.69, 9.17) is 0 Å². The zero-order valence-electron chi connectivity index (χ0n) is 10.6. The van der Waals surface area contributed by atoms with E-state index >= 15 is 0 Å². The Kier molecular flexibility index (Phi) is 2.67. The second-order valence-corrected chi connectivity index (χ2v) is 5.00. The molecule has 2 heterocycles. The Hall–Kier alpha value is -2.08. The van der Waals surface area contributed by atoms with Crippen LogP contribution < -0.4 is 5.32 Å². The summed E-state index contributed by atoms with van der Waals surface area (Å²) < 4.78 is 0. The summed E-state index contributed by atoms with van der Waals surface area (Å²) in [5.41, 5.74) is 0.810. The first-order valence-corrected chi connectivity index (χ1v) is 6.19. The van der Waals surface area contributed by atoms with Gasteiger partial charge in [-0.2, -0.15) is 0 Å². The van der Waals surface area contributed by atoms with Gasteiger partial charge in [0.2, 0.25) is 5.91 Å². The van der Waals surface area contributed by atoms with Gasteiger partial charge in [0.1, 0.15) is 11.8 Å². The molecule has 0 aliphatic carbocycles. The summed E-state index contributed by atoms with van der Waals surface area (Å²) in [5.74, 6) is -0.361. The van der Waals surface area contributed by atoms with E-state index in [1.54, 1.807) is 11.0 Å². The van der Waals surface area contributed by atoms with E-state index in [9.17, 15) is 14.7 Å². The lowest BCUT2D eigenvalue weighted by molar-refractivity contribution is -0.122. The molecule has 1 aromatic rings. The zero-order chi connectivity index (χ0) is 13.6. The maximum absolute atomic E-state index is 12.5. The third kappa shape index (κ3) is 1.94. The molecule has 1 aromatic carbocycles. The van der Waals surface area contributed by atoms with Gasteiger partial charge in [0.15, 0.2) is 0 Å². The molecule has 0 bridgehead atoms. The first-order chi connectivity index (χ1) is 9.06. The van der Waals surface area contributed by atoms with Crippen LogP contribution in [0.1, 0.15) is 10.4 Å². The van der Waals surface area contributed by atoms with Gasteiger partial charge in [-0.25, -0.2) is 0 Å². The van der Waals surface area contributed by atoms with Gasteiger partial charge in [0.25, 0.3) is 5.91 Å². The van der Waals surface area contributed by atoms with E-state index in [1.807, 2.05) is 11.9 Å². The predicted molar refractivity (Wildman–Crippen MR) is 69.1 cm³/mol. The van der Waals surface area contributed by atoms with Gasteiger partial charge in [0.05, 0.1) is 11.3 Å². The molecule has 1 atom stereocenters. The number of anilines is 1. The lowest BCUT2D eigenvalue weighted by Gasteiger charge is -2.37. The largest absolute Gasteiger partial charge is 0.508 e. The smallest absolute Gasteiger partial charge is 0.256 e. The minimum absolute atomic E-state index is 0.0222. The molecule has 0 saturated carbocycles. The quantitative estimate of drug-likeness (QED) is 0.650. The molecular formula is C13H15N3O3. The Morgan fingerprint density at radius 1 is 1.32 bits per heavy atom. The van der Waals surface area contributed by atoms with E-state index in [-0.39, 0.29) is 17.6 Å². The molecule has 2 amide bonds. The number of amides is 2. The molecule has 100 valence electrons. The van der Waals surface area contributed by atoms with E-state index in [2.05, 4.69) is 5.32 Å². The summed E-state index contributed by atoms with van der Waals surface area (Å²) >= 11 is 0. The minimum atomic E-state index is -0.471. The summed E-state index contributed by atoms with van der Waals surface area (Å²) in [4.78, 5) is 28.3. The normalized spacial score (nSPS) is 23.4. The molecule has 2 aliphatic rings. The number of hydrogen-bond acceptors (Lipinski definition) is 4. The van der Waals surface area contributed by atoms with Gasteiger partial charge < -0.3 is 20.2 Å². The van der Waals surface area contributed by atoms with Crippen LogP contribution >= 0.6 is 0 Å². The molecule has 2 N–H and O–H groups in total. The molecule has 6 nitrogen and oxygen atoms in total. The molecule has 0 aromatic heterocycles. The number of likely N-dealkylation sites (N-methyl/N-ethyl adjacent to an activating group) is 1. The van der Waals surface area contributed by atoms with Crippen molar-refractivity contribution in [2.45, 2.75) is 6.04 Å². The van der Waals surface area contributed by atoms with E-state index in [0.717, 1.165) is 6.54 Å². The number of carbonyl (C=O) groups is 2. The highest BCUT2D eigenvalue weighted by Gasteiger charge is 2.38. The maximum Gasteiger partial charge on any atom is 0.256 e. The fraction of sp³-hybridized carbons (Fsp3) is 0.385. The molecule has 2 aliphatic heterocycles. The van der Waals surface area contributed by atoms with Crippen molar-refractivity contribution in [3.8, 4) is 5.75 Å². The zero-order valence-corrected chi connectivity index (χ0v) is 10.6. The first kappa shape index (κ1) is 12.0. The van der Waals surface area contributed by atoms with Crippen molar-refractivity contribution in [2.75, 3.05) is 32.0 Å². The number of hydrogen-bond donors (Lipinski definition) is 2. The highest BCUT2D eigenvalue weighted by molar-refractivity contribution is 6.10. The number of phenolic OH excluding ortho intramolecular Hbond substituents is 1. The van der Waals surface area contributed by atoms with Crippen molar-refractivity contribution in [2.24, 2.45) is 0 Å². The third-order valence-electron chi connectivity index (χ3n) is 3.64. The average Bonchev–Trinajstić information content (AvgIpc) is 2.48. The van der Waals surface area contributed by atoms with Crippen LogP contribution in [0.4, 0.5) is 5.69 Å². The summed E-state index contributed by atoms with van der Waals surface area (Å²) in [6, 6.07) is 3.95. The summed E-state index contributed by atoms with van der Waals surface area (Å²) in [6.45, 7) is 1.78. The van der Waals surface area contributed by atoms with Crippen LogP contribution in [0.2, 0.25) is 0 Å². The average molecular weight is 261 g/mol. The number of rotatable bonds is 0. The van der Waals surface area contributed by atoms with Crippen molar-refractivity contribution >= 4 is 17.5 Å². The van der Waals surface area contributed by atoms with Crippen LogP contribution in [0, 0.1) is 0 Å². The fourth-order valence-corrected chi connectivity index (χ4v) is 2.58. The van der Waals surface area contributed by atoms with Crippen LogP contribution in [-0.2, 0) is 4.79 Å². The molecule has 3 rings (SSSR count). The van der Waals surface area contributed by atoms with Gasteiger partial charge in [-0.05, 0) is 25.2 Å². The molecule has 1 saturated heterocycles. The van der Waals surface area contributed by atoms with Gasteiger partial charge in [-0.3, -0.25) is 9.59 Å². The molecule has 1 fully saturated rings. The number of benzene rings is 1. The van der Waals surface area contributed by atoms with Crippen molar-refractivity contribution in [1.82, 2.24) is 9.80 Å². The monoisotopic (exact) mass is 261 g/mol. The predicted octanol–water partition coefficient (Wildman–Crippen LogP) is 0.100. The summed E-state index contributed by atoms with van der Waals surface area (Å²) in [7, 11) is 1.93. The molecule has 6 heteroatoms. The molecule has 1 unspecified atom stereocenters. The Morgan fingerprint density at radius 3 is 2.89 bits per heavy atom. The Labute approximate surface area is 110 Å². The van der Waals surface area contributed by atoms with Crippen LogP contribution in [-0.4, -0.2) is 59.4 Å². The topological polar surface area (TPSA) is 72.9 Å². The van der Waals surface area contributed by atoms with Crippen molar-refractivity contribution in [1.29, 1.82) is 0 Å². The number of carbonyl (C=O) groups excluding carboxylic acids is 2. The third-order valence-corrected chi connectivity index (χ3v) is 3.64. The number of piperazine rings is 1. The standard InChI is InChI=1S/C13H15N3O3/c1-15-4-5-16-11(7-15)12(18)14-10-3-2-8(17)6-9(10)13(16)19/h2-3,6,11,17H,4-5,7H2,1H3,(H,14,18). The van der Waals surface area contributed by atoms with Gasteiger partial charge >= 0.3 is 0 Å². The number of nitrogens with one attached hydrogen (secondary N) is 1. The lowest BCUT2D eigenvalue weighted by Crippen LogP contribution is -2.57. The van der Waals surface area contributed by atoms with Crippen LogP contribution in [0.15, 0.2) is 18.2 Å². The van der Waals surface area contributed by atoms with Crippen LogP contribution in [0.5, 0.6) is 5.75 Å². The first-order valence-electron chi connectivity index (χ1n) is 6.19. The highest BCUT2D eigenvalue weighted by Crippen LogP contribution is 2.27. The second kappa shape index (κ2) is 4.24.